The summed E-state index contributed by atoms with van der Waals surface area (Å²) in [4.78, 5) is 4.06. The van der Waals surface area contributed by atoms with Crippen LogP contribution in [0.15, 0.2) is 12.1 Å². The Balaban J connectivity index is 2.88. The summed E-state index contributed by atoms with van der Waals surface area (Å²) in [7, 11) is 0. The maximum atomic E-state index is 5.91. The quantitative estimate of drug-likeness (QED) is 0.738. The molecule has 0 saturated carbocycles. The first kappa shape index (κ1) is 8.10. The fourth-order valence-electron chi connectivity index (χ4n) is 0.977. The molecule has 1 heterocycles. The van der Waals surface area contributed by atoms with Gasteiger partial charge in [-0.15, -0.1) is 0 Å². The van der Waals surface area contributed by atoms with Gasteiger partial charge in [0, 0.05) is 5.02 Å². The lowest BCUT2D eigenvalue weighted by atomic mass is 10.3. The van der Waals surface area contributed by atoms with Gasteiger partial charge in [0.1, 0.15) is 0 Å². The fraction of sp³-hybridized carbons (Fsp3) is 0. The third-order valence-electron chi connectivity index (χ3n) is 1.43. The minimum absolute atomic E-state index is 0.508. The van der Waals surface area contributed by atoms with Gasteiger partial charge in [-0.1, -0.05) is 34.5 Å². The third kappa shape index (κ3) is 1.24. The summed E-state index contributed by atoms with van der Waals surface area (Å²) >= 11 is 13.0. The van der Waals surface area contributed by atoms with Crippen LogP contribution in [0.25, 0.3) is 10.2 Å². The summed E-state index contributed by atoms with van der Waals surface area (Å²) in [6.07, 6.45) is 0. The molecule has 62 valence electrons. The third-order valence-corrected chi connectivity index (χ3v) is 2.99. The first-order chi connectivity index (χ1) is 5.66. The number of hydrogen-bond donors (Lipinski definition) is 1. The SMILES string of the molecule is Nc1nc2cc(Cl)cc(Cl)c2s1. The van der Waals surface area contributed by atoms with Gasteiger partial charge in [-0.3, -0.25) is 0 Å². The van der Waals surface area contributed by atoms with E-state index < -0.39 is 0 Å². The summed E-state index contributed by atoms with van der Waals surface area (Å²) in [6, 6.07) is 3.43. The molecule has 2 rings (SSSR count). The van der Waals surface area contributed by atoms with Crippen molar-refractivity contribution in [1.82, 2.24) is 4.98 Å². The van der Waals surface area contributed by atoms with Crippen LogP contribution < -0.4 is 5.73 Å². The first-order valence-electron chi connectivity index (χ1n) is 3.18. The lowest BCUT2D eigenvalue weighted by Gasteiger charge is -1.92. The van der Waals surface area contributed by atoms with Crippen molar-refractivity contribution < 1.29 is 0 Å². The van der Waals surface area contributed by atoms with Crippen molar-refractivity contribution in [1.29, 1.82) is 0 Å². The molecule has 0 bridgehead atoms. The maximum absolute atomic E-state index is 5.91. The summed E-state index contributed by atoms with van der Waals surface area (Å²) in [5.41, 5.74) is 6.27. The van der Waals surface area contributed by atoms with E-state index >= 15 is 0 Å². The Morgan fingerprint density at radius 1 is 1.33 bits per heavy atom. The predicted octanol–water partition coefficient (Wildman–Crippen LogP) is 3.19. The zero-order chi connectivity index (χ0) is 8.72. The standard InChI is InChI=1S/C7H4Cl2N2S/c8-3-1-4(9)6-5(2-3)11-7(10)12-6/h1-2H,(H2,10,11). The van der Waals surface area contributed by atoms with Gasteiger partial charge in [0.2, 0.25) is 0 Å². The van der Waals surface area contributed by atoms with Crippen molar-refractivity contribution in [2.45, 2.75) is 0 Å². The fourth-order valence-corrected chi connectivity index (χ4v) is 2.29. The van der Waals surface area contributed by atoms with Crippen molar-refractivity contribution in [3.8, 4) is 0 Å². The Morgan fingerprint density at radius 2 is 2.08 bits per heavy atom. The zero-order valence-corrected chi connectivity index (χ0v) is 8.17. The molecule has 0 spiro atoms. The van der Waals surface area contributed by atoms with E-state index in [1.165, 1.54) is 11.3 Å². The Kier molecular flexibility index (Phi) is 1.87. The van der Waals surface area contributed by atoms with E-state index in [1.54, 1.807) is 12.1 Å². The van der Waals surface area contributed by atoms with E-state index in [0.29, 0.717) is 15.2 Å². The van der Waals surface area contributed by atoms with Crippen molar-refractivity contribution in [3.05, 3.63) is 22.2 Å². The number of thiazole rings is 1. The van der Waals surface area contributed by atoms with Crippen LogP contribution in [0.1, 0.15) is 0 Å². The predicted molar refractivity (Wildman–Crippen MR) is 54.1 cm³/mol. The molecule has 0 aliphatic heterocycles. The number of benzene rings is 1. The van der Waals surface area contributed by atoms with E-state index in [-0.39, 0.29) is 0 Å². The smallest absolute Gasteiger partial charge is 0.181 e. The molecule has 2 aromatic rings. The maximum Gasteiger partial charge on any atom is 0.181 e. The number of halogens is 2. The molecule has 2 nitrogen and oxygen atoms in total. The number of nitrogens with two attached hydrogens (primary N) is 1. The minimum Gasteiger partial charge on any atom is -0.375 e. The summed E-state index contributed by atoms with van der Waals surface area (Å²) < 4.78 is 0.888. The molecule has 1 aromatic heterocycles. The van der Waals surface area contributed by atoms with Gasteiger partial charge >= 0.3 is 0 Å². The van der Waals surface area contributed by atoms with Gasteiger partial charge in [-0.05, 0) is 12.1 Å². The van der Waals surface area contributed by atoms with Crippen molar-refractivity contribution in [2.24, 2.45) is 0 Å². The van der Waals surface area contributed by atoms with Crippen LogP contribution in [0.3, 0.4) is 0 Å². The second-order valence-electron chi connectivity index (χ2n) is 2.29. The second-order valence-corrected chi connectivity index (χ2v) is 4.16. The second kappa shape index (κ2) is 2.76. The topological polar surface area (TPSA) is 38.9 Å². The average Bonchev–Trinajstić information content (AvgIpc) is 2.29. The summed E-state index contributed by atoms with van der Waals surface area (Å²) in [5, 5.41) is 1.69. The van der Waals surface area contributed by atoms with Crippen molar-refractivity contribution in [3.63, 3.8) is 0 Å². The van der Waals surface area contributed by atoms with Gasteiger partial charge in [-0.2, -0.15) is 0 Å². The monoisotopic (exact) mass is 218 g/mol. The van der Waals surface area contributed by atoms with Crippen LogP contribution in [0.4, 0.5) is 5.13 Å². The van der Waals surface area contributed by atoms with Crippen LogP contribution in [0.2, 0.25) is 10.0 Å². The molecule has 0 aliphatic rings. The number of anilines is 1. The molecular formula is C7H4Cl2N2S. The summed E-state index contributed by atoms with van der Waals surface area (Å²) in [6.45, 7) is 0. The number of aromatic nitrogens is 1. The number of hydrogen-bond acceptors (Lipinski definition) is 3. The van der Waals surface area contributed by atoms with Crippen LogP contribution in [0.5, 0.6) is 0 Å². The minimum atomic E-state index is 0.508. The molecular weight excluding hydrogens is 215 g/mol. The zero-order valence-electron chi connectivity index (χ0n) is 5.84. The molecule has 0 fully saturated rings. The number of fused-ring (bicyclic) bond motifs is 1. The normalized spacial score (nSPS) is 10.8. The molecule has 0 unspecified atom stereocenters. The highest BCUT2D eigenvalue weighted by molar-refractivity contribution is 7.22. The van der Waals surface area contributed by atoms with Gasteiger partial charge in [-0.25, -0.2) is 4.98 Å². The van der Waals surface area contributed by atoms with Crippen LogP contribution in [-0.2, 0) is 0 Å². The number of nitrogens with zero attached hydrogens (tertiary/aromatic N) is 1. The van der Waals surface area contributed by atoms with Crippen LogP contribution >= 0.6 is 34.5 Å². The molecule has 1 aromatic carbocycles. The Bertz CT molecular complexity index is 438. The molecule has 2 N–H and O–H groups in total. The van der Waals surface area contributed by atoms with E-state index in [2.05, 4.69) is 4.98 Å². The Morgan fingerprint density at radius 3 is 2.83 bits per heavy atom. The largest absolute Gasteiger partial charge is 0.375 e. The average molecular weight is 219 g/mol. The highest BCUT2D eigenvalue weighted by Gasteiger charge is 2.05. The molecule has 0 amide bonds. The molecule has 5 heteroatoms. The molecule has 0 atom stereocenters. The molecule has 0 aliphatic carbocycles. The highest BCUT2D eigenvalue weighted by Crippen LogP contribution is 2.32. The molecule has 12 heavy (non-hydrogen) atoms. The summed E-state index contributed by atoms with van der Waals surface area (Å²) in [5.74, 6) is 0. The number of rotatable bonds is 0. The number of nitrogen functional groups attached to an aromatic ring is 1. The Hall–Kier alpha value is -0.510. The molecule has 0 saturated heterocycles. The van der Waals surface area contributed by atoms with Gasteiger partial charge in [0.25, 0.3) is 0 Å². The van der Waals surface area contributed by atoms with Crippen LogP contribution in [0, 0.1) is 0 Å². The van der Waals surface area contributed by atoms with Crippen molar-refractivity contribution in [2.75, 3.05) is 5.73 Å². The van der Waals surface area contributed by atoms with Gasteiger partial charge < -0.3 is 5.73 Å². The van der Waals surface area contributed by atoms with E-state index in [4.69, 9.17) is 28.9 Å². The van der Waals surface area contributed by atoms with Crippen molar-refractivity contribution >= 4 is 49.9 Å². The lowest BCUT2D eigenvalue weighted by Crippen LogP contribution is -1.78. The first-order valence-corrected chi connectivity index (χ1v) is 4.75. The van der Waals surface area contributed by atoms with Crippen LogP contribution in [-0.4, -0.2) is 4.98 Å². The van der Waals surface area contributed by atoms with E-state index in [1.807, 2.05) is 0 Å². The van der Waals surface area contributed by atoms with E-state index in [9.17, 15) is 0 Å². The Labute approximate surface area is 82.9 Å². The van der Waals surface area contributed by atoms with E-state index in [0.717, 1.165) is 10.2 Å². The highest BCUT2D eigenvalue weighted by atomic mass is 35.5. The van der Waals surface area contributed by atoms with Gasteiger partial charge in [0.05, 0.1) is 15.2 Å². The lowest BCUT2D eigenvalue weighted by molar-refractivity contribution is 1.50. The van der Waals surface area contributed by atoms with Gasteiger partial charge in [0.15, 0.2) is 5.13 Å². The molecule has 0 radical (unpaired) electrons.